The van der Waals surface area contributed by atoms with Crippen molar-refractivity contribution in [3.8, 4) is 0 Å². The fourth-order valence-corrected chi connectivity index (χ4v) is 1.09. The zero-order chi connectivity index (χ0) is 10.3. The minimum Gasteiger partial charge on any atom is -0.343 e. The summed E-state index contributed by atoms with van der Waals surface area (Å²) in [5.74, 6) is -0.0153. The number of amides is 1. The third-order valence-corrected chi connectivity index (χ3v) is 1.95. The maximum atomic E-state index is 11.5. The normalized spacial score (nSPS) is 13.8. The van der Waals surface area contributed by atoms with E-state index in [0.717, 1.165) is 25.9 Å². The molecule has 0 aromatic heterocycles. The van der Waals surface area contributed by atoms with Crippen molar-refractivity contribution < 1.29 is 6.17 Å². The standard InChI is InChI=1S/C10H21NO/c1-4-7-8-9-10(12)11(5-2)6-3/h4-9H2,1-3H3/i9D. The third kappa shape index (κ3) is 4.37. The largest absolute Gasteiger partial charge is 0.343 e. The van der Waals surface area contributed by atoms with Gasteiger partial charge in [-0.25, -0.2) is 0 Å². The Morgan fingerprint density at radius 3 is 2.25 bits per heavy atom. The van der Waals surface area contributed by atoms with Gasteiger partial charge in [-0.2, -0.15) is 0 Å². The average molecular weight is 172 g/mol. The van der Waals surface area contributed by atoms with Crippen LogP contribution in [0, 0.1) is 0 Å². The molecule has 0 bridgehead atoms. The van der Waals surface area contributed by atoms with E-state index in [1.54, 1.807) is 4.90 Å². The lowest BCUT2D eigenvalue weighted by Gasteiger charge is -2.18. The molecule has 0 aliphatic rings. The van der Waals surface area contributed by atoms with E-state index < -0.39 is 6.40 Å². The van der Waals surface area contributed by atoms with Crippen molar-refractivity contribution in [2.75, 3.05) is 13.1 Å². The highest BCUT2D eigenvalue weighted by Gasteiger charge is 2.07. The lowest BCUT2D eigenvalue weighted by Crippen LogP contribution is -2.30. The second-order valence-electron chi connectivity index (χ2n) is 2.86. The molecule has 1 amide bonds. The van der Waals surface area contributed by atoms with E-state index in [1.807, 2.05) is 13.8 Å². The van der Waals surface area contributed by atoms with Crippen molar-refractivity contribution in [1.29, 1.82) is 0 Å². The molecule has 0 heterocycles. The summed E-state index contributed by atoms with van der Waals surface area (Å²) in [6.07, 6.45) is 2.19. The lowest BCUT2D eigenvalue weighted by atomic mass is 10.2. The van der Waals surface area contributed by atoms with E-state index in [1.165, 1.54) is 0 Å². The summed E-state index contributed by atoms with van der Waals surface area (Å²) in [5, 5.41) is 0. The molecule has 1 atom stereocenters. The number of carbonyl (C=O) groups is 1. The highest BCUT2D eigenvalue weighted by molar-refractivity contribution is 5.75. The number of hydrogen-bond acceptors (Lipinski definition) is 1. The Hall–Kier alpha value is -0.530. The predicted octanol–water partition coefficient (Wildman–Crippen LogP) is 2.44. The number of rotatable bonds is 6. The van der Waals surface area contributed by atoms with Crippen molar-refractivity contribution in [1.82, 2.24) is 4.90 Å². The number of nitrogens with zero attached hydrogens (tertiary/aromatic N) is 1. The Bertz CT molecular complexity index is 146. The van der Waals surface area contributed by atoms with Crippen molar-refractivity contribution in [2.45, 2.75) is 46.4 Å². The molecule has 0 aromatic rings. The van der Waals surface area contributed by atoms with Crippen LogP contribution >= 0.6 is 0 Å². The monoisotopic (exact) mass is 172 g/mol. The van der Waals surface area contributed by atoms with Crippen LogP contribution in [0.2, 0.25) is 0 Å². The number of carbonyl (C=O) groups excluding carboxylic acids is 1. The maximum absolute atomic E-state index is 11.5. The minimum absolute atomic E-state index is 0.0153. The van der Waals surface area contributed by atoms with Gasteiger partial charge < -0.3 is 4.90 Å². The van der Waals surface area contributed by atoms with Crippen LogP contribution in [0.5, 0.6) is 0 Å². The first-order chi connectivity index (χ1) is 6.17. The summed E-state index contributed by atoms with van der Waals surface area (Å²) >= 11 is 0. The first kappa shape index (κ1) is 9.56. The Morgan fingerprint density at radius 1 is 1.25 bits per heavy atom. The number of hydrogen-bond donors (Lipinski definition) is 0. The van der Waals surface area contributed by atoms with E-state index in [0.29, 0.717) is 6.42 Å². The van der Waals surface area contributed by atoms with E-state index in [2.05, 4.69) is 6.92 Å². The van der Waals surface area contributed by atoms with Crippen LogP contribution in [0.3, 0.4) is 0 Å². The Balaban J connectivity index is 3.92. The van der Waals surface area contributed by atoms with Gasteiger partial charge in [-0.3, -0.25) is 4.79 Å². The van der Waals surface area contributed by atoms with Gasteiger partial charge >= 0.3 is 0 Å². The van der Waals surface area contributed by atoms with Gasteiger partial charge in [-0.05, 0) is 20.3 Å². The molecule has 0 rings (SSSR count). The SMILES string of the molecule is [2H]C(CCCC)C(=O)N(CC)CC. The van der Waals surface area contributed by atoms with Crippen LogP contribution in [-0.2, 0) is 4.79 Å². The molecule has 0 saturated carbocycles. The molecule has 0 saturated heterocycles. The Morgan fingerprint density at radius 2 is 1.83 bits per heavy atom. The quantitative estimate of drug-likeness (QED) is 0.602. The second-order valence-corrected chi connectivity index (χ2v) is 2.86. The van der Waals surface area contributed by atoms with Crippen LogP contribution in [-0.4, -0.2) is 23.9 Å². The predicted molar refractivity (Wildman–Crippen MR) is 52.1 cm³/mol. The zero-order valence-corrected chi connectivity index (χ0v) is 8.47. The van der Waals surface area contributed by atoms with Crippen molar-refractivity contribution in [3.63, 3.8) is 0 Å². The maximum Gasteiger partial charge on any atom is 0.222 e. The molecular formula is C10H21NO. The average Bonchev–Trinajstić information content (AvgIpc) is 2.15. The van der Waals surface area contributed by atoms with Crippen LogP contribution < -0.4 is 0 Å². The van der Waals surface area contributed by atoms with Crippen molar-refractivity contribution >= 4 is 5.91 Å². The fourth-order valence-electron chi connectivity index (χ4n) is 1.09. The van der Waals surface area contributed by atoms with Gasteiger partial charge in [0.25, 0.3) is 0 Å². The second kappa shape index (κ2) is 7.14. The summed E-state index contributed by atoms with van der Waals surface area (Å²) in [7, 11) is 0. The summed E-state index contributed by atoms with van der Waals surface area (Å²) in [5.41, 5.74) is 0. The summed E-state index contributed by atoms with van der Waals surface area (Å²) < 4.78 is 7.63. The molecule has 0 N–H and O–H groups in total. The van der Waals surface area contributed by atoms with Crippen LogP contribution in [0.15, 0.2) is 0 Å². The first-order valence-corrected chi connectivity index (χ1v) is 4.88. The lowest BCUT2D eigenvalue weighted by molar-refractivity contribution is -0.130. The Labute approximate surface area is 77.4 Å². The van der Waals surface area contributed by atoms with Crippen LogP contribution in [0.1, 0.15) is 47.8 Å². The molecule has 72 valence electrons. The molecule has 0 aliphatic heterocycles. The van der Waals surface area contributed by atoms with Gasteiger partial charge in [0, 0.05) is 20.9 Å². The Kier molecular flexibility index (Phi) is 5.68. The minimum atomic E-state index is -0.542. The zero-order valence-electron chi connectivity index (χ0n) is 9.47. The van der Waals surface area contributed by atoms with Gasteiger partial charge in [0.05, 0.1) is 0 Å². The molecule has 2 heteroatoms. The van der Waals surface area contributed by atoms with E-state index >= 15 is 0 Å². The molecule has 0 aliphatic carbocycles. The molecule has 0 spiro atoms. The smallest absolute Gasteiger partial charge is 0.222 e. The van der Waals surface area contributed by atoms with E-state index in [-0.39, 0.29) is 5.91 Å². The number of unbranched alkanes of at least 4 members (excludes halogenated alkanes) is 1. The summed E-state index contributed by atoms with van der Waals surface area (Å²) in [4.78, 5) is 13.3. The highest BCUT2D eigenvalue weighted by Crippen LogP contribution is 2.02. The molecule has 2 nitrogen and oxygen atoms in total. The van der Waals surface area contributed by atoms with Crippen LogP contribution in [0.25, 0.3) is 0 Å². The molecule has 0 aromatic carbocycles. The van der Waals surface area contributed by atoms with Gasteiger partial charge in [-0.15, -0.1) is 0 Å². The highest BCUT2D eigenvalue weighted by atomic mass is 16.2. The van der Waals surface area contributed by atoms with Gasteiger partial charge in [0.1, 0.15) is 0 Å². The van der Waals surface area contributed by atoms with Gasteiger partial charge in [-0.1, -0.05) is 19.8 Å². The van der Waals surface area contributed by atoms with Gasteiger partial charge in [0.15, 0.2) is 0 Å². The molecular weight excluding hydrogens is 150 g/mol. The molecule has 1 unspecified atom stereocenters. The first-order valence-electron chi connectivity index (χ1n) is 5.46. The third-order valence-electron chi connectivity index (χ3n) is 1.95. The summed E-state index contributed by atoms with van der Waals surface area (Å²) in [6.45, 7) is 7.42. The van der Waals surface area contributed by atoms with Crippen molar-refractivity contribution in [3.05, 3.63) is 0 Å². The molecule has 12 heavy (non-hydrogen) atoms. The molecule has 0 fully saturated rings. The molecule has 0 radical (unpaired) electrons. The topological polar surface area (TPSA) is 20.3 Å². The van der Waals surface area contributed by atoms with Crippen LogP contribution in [0.4, 0.5) is 0 Å². The van der Waals surface area contributed by atoms with E-state index in [4.69, 9.17) is 1.37 Å². The van der Waals surface area contributed by atoms with Crippen molar-refractivity contribution in [2.24, 2.45) is 0 Å². The van der Waals surface area contributed by atoms with E-state index in [9.17, 15) is 4.79 Å². The fraction of sp³-hybridized carbons (Fsp3) is 0.900. The van der Waals surface area contributed by atoms with Gasteiger partial charge in [0.2, 0.25) is 5.91 Å². The summed E-state index contributed by atoms with van der Waals surface area (Å²) in [6, 6.07) is 0.